The van der Waals surface area contributed by atoms with Crippen LogP contribution in [0.2, 0.25) is 0 Å². The van der Waals surface area contributed by atoms with Gasteiger partial charge in [-0.2, -0.15) is 0 Å². The first-order chi connectivity index (χ1) is 15.9. The normalized spacial score (nSPS) is 14.2. The Morgan fingerprint density at radius 1 is 0.882 bits per heavy atom. The van der Waals surface area contributed by atoms with Crippen LogP contribution in [-0.2, 0) is 11.2 Å². The van der Waals surface area contributed by atoms with Crippen LogP contribution in [0.1, 0.15) is 127 Å². The van der Waals surface area contributed by atoms with E-state index >= 15 is 0 Å². The highest BCUT2D eigenvalue weighted by atomic mass is 16.4. The van der Waals surface area contributed by atoms with Crippen molar-refractivity contribution in [2.24, 2.45) is 17.8 Å². The fraction of sp³-hybridized carbons (Fsp3) is 0.710. The predicted octanol–water partition coefficient (Wildman–Crippen LogP) is 9.13. The van der Waals surface area contributed by atoms with Gasteiger partial charge in [-0.15, -0.1) is 0 Å². The number of aromatic hydroxyl groups is 1. The third-order valence-corrected chi connectivity index (χ3v) is 7.58. The van der Waals surface area contributed by atoms with Gasteiger partial charge in [0.2, 0.25) is 0 Å². The van der Waals surface area contributed by atoms with Crippen LogP contribution in [0, 0.1) is 31.6 Å². The Morgan fingerprint density at radius 3 is 1.94 bits per heavy atom. The smallest absolute Gasteiger partial charge is 0.310 e. The van der Waals surface area contributed by atoms with E-state index in [9.17, 15) is 15.0 Å². The molecule has 3 heteroatoms. The maximum absolute atomic E-state index is 11.5. The highest BCUT2D eigenvalue weighted by Crippen LogP contribution is 2.34. The van der Waals surface area contributed by atoms with Gasteiger partial charge >= 0.3 is 5.97 Å². The second kappa shape index (κ2) is 15.3. The molecule has 0 amide bonds. The van der Waals surface area contributed by atoms with Crippen LogP contribution in [0.15, 0.2) is 18.2 Å². The van der Waals surface area contributed by atoms with Crippen molar-refractivity contribution in [3.8, 4) is 5.75 Å². The number of carboxylic acid groups (broad SMARTS) is 1. The molecule has 34 heavy (non-hydrogen) atoms. The number of benzene rings is 1. The number of aliphatic carboxylic acids is 1. The van der Waals surface area contributed by atoms with Gasteiger partial charge in [0.1, 0.15) is 5.75 Å². The lowest BCUT2D eigenvalue weighted by molar-refractivity contribution is -0.138. The van der Waals surface area contributed by atoms with Crippen molar-refractivity contribution in [2.75, 3.05) is 0 Å². The van der Waals surface area contributed by atoms with Crippen LogP contribution in [0.3, 0.4) is 0 Å². The Morgan fingerprint density at radius 2 is 1.41 bits per heavy atom. The van der Waals surface area contributed by atoms with Crippen molar-refractivity contribution in [1.82, 2.24) is 0 Å². The van der Waals surface area contributed by atoms with Crippen LogP contribution in [-0.4, -0.2) is 16.2 Å². The molecule has 0 radical (unpaired) electrons. The lowest BCUT2D eigenvalue weighted by atomic mass is 9.87. The standard InChI is InChI=1S/C31H52O3/c1-21(2)12-9-13-22(3)14-10-15-23(4)16-11-17-24(5)18-19-28-26(7)29(27(8)31(33)34)20-25(6)30(28)32/h20-23,27,32H,5,9-19H2,1-4,6-8H3,(H,33,34). The fourth-order valence-corrected chi connectivity index (χ4v) is 4.99. The maximum atomic E-state index is 11.5. The number of rotatable bonds is 17. The molecule has 0 fully saturated rings. The predicted molar refractivity (Wildman–Crippen MR) is 146 cm³/mol. The average Bonchev–Trinajstić information content (AvgIpc) is 2.75. The van der Waals surface area contributed by atoms with E-state index in [1.165, 1.54) is 56.9 Å². The third-order valence-electron chi connectivity index (χ3n) is 7.58. The monoisotopic (exact) mass is 472 g/mol. The van der Waals surface area contributed by atoms with Crippen LogP contribution in [0.4, 0.5) is 0 Å². The van der Waals surface area contributed by atoms with Gasteiger partial charge in [-0.25, -0.2) is 0 Å². The molecule has 1 rings (SSSR count). The zero-order valence-corrected chi connectivity index (χ0v) is 23.2. The summed E-state index contributed by atoms with van der Waals surface area (Å²) in [7, 11) is 0. The van der Waals surface area contributed by atoms with Crippen LogP contribution in [0.5, 0.6) is 5.75 Å². The number of aryl methyl sites for hydroxylation is 1. The molecule has 3 nitrogen and oxygen atoms in total. The molecule has 1 aromatic rings. The summed E-state index contributed by atoms with van der Waals surface area (Å²) in [6, 6.07) is 1.82. The molecule has 0 bridgehead atoms. The number of carbonyl (C=O) groups is 1. The second-order valence-electron chi connectivity index (χ2n) is 11.4. The van der Waals surface area contributed by atoms with Gasteiger partial charge < -0.3 is 10.2 Å². The Bertz CT molecular complexity index is 777. The van der Waals surface area contributed by atoms with Gasteiger partial charge in [-0.1, -0.05) is 90.9 Å². The molecule has 3 atom stereocenters. The first-order valence-corrected chi connectivity index (χ1v) is 13.6. The Labute approximate surface area is 210 Å². The molecule has 0 spiro atoms. The fourth-order valence-electron chi connectivity index (χ4n) is 4.99. The van der Waals surface area contributed by atoms with Gasteiger partial charge in [0.25, 0.3) is 0 Å². The molecule has 194 valence electrons. The number of hydrogen-bond donors (Lipinski definition) is 2. The minimum atomic E-state index is -0.835. The quantitative estimate of drug-likeness (QED) is 0.222. The largest absolute Gasteiger partial charge is 0.507 e. The molecule has 0 aliphatic heterocycles. The minimum absolute atomic E-state index is 0.304. The summed E-state index contributed by atoms with van der Waals surface area (Å²) in [6.07, 6.45) is 13.1. The van der Waals surface area contributed by atoms with Gasteiger partial charge in [0, 0.05) is 0 Å². The van der Waals surface area contributed by atoms with Crippen LogP contribution in [0.25, 0.3) is 0 Å². The van der Waals surface area contributed by atoms with E-state index in [-0.39, 0.29) is 0 Å². The summed E-state index contributed by atoms with van der Waals surface area (Å²) in [5.74, 6) is 1.33. The maximum Gasteiger partial charge on any atom is 0.310 e. The summed E-state index contributed by atoms with van der Waals surface area (Å²) < 4.78 is 0. The van der Waals surface area contributed by atoms with Gasteiger partial charge in [0.05, 0.1) is 5.92 Å². The minimum Gasteiger partial charge on any atom is -0.507 e. The summed E-state index contributed by atoms with van der Waals surface area (Å²) in [4.78, 5) is 11.5. The Hall–Kier alpha value is -1.77. The first-order valence-electron chi connectivity index (χ1n) is 13.6. The Kier molecular flexibility index (Phi) is 13.6. The topological polar surface area (TPSA) is 57.5 Å². The summed E-state index contributed by atoms with van der Waals surface area (Å²) in [5.41, 5.74) is 4.54. The van der Waals surface area contributed by atoms with Crippen molar-refractivity contribution in [3.63, 3.8) is 0 Å². The number of hydrogen-bond acceptors (Lipinski definition) is 2. The van der Waals surface area contributed by atoms with Crippen molar-refractivity contribution < 1.29 is 15.0 Å². The molecule has 0 saturated carbocycles. The summed E-state index contributed by atoms with van der Waals surface area (Å²) >= 11 is 0. The molecule has 0 aliphatic rings. The molecule has 1 aromatic carbocycles. The lowest BCUT2D eigenvalue weighted by Gasteiger charge is -2.19. The van der Waals surface area contributed by atoms with Gasteiger partial charge in [0.15, 0.2) is 0 Å². The van der Waals surface area contributed by atoms with E-state index in [0.717, 1.165) is 52.8 Å². The summed E-state index contributed by atoms with van der Waals surface area (Å²) in [6.45, 7) is 19.2. The van der Waals surface area contributed by atoms with E-state index in [4.69, 9.17) is 0 Å². The van der Waals surface area contributed by atoms with Crippen molar-refractivity contribution >= 4 is 5.97 Å². The molecule has 3 unspecified atom stereocenters. The van der Waals surface area contributed by atoms with Gasteiger partial charge in [-0.3, -0.25) is 4.79 Å². The zero-order valence-electron chi connectivity index (χ0n) is 23.2. The van der Waals surface area contributed by atoms with Crippen LogP contribution >= 0.6 is 0 Å². The first kappa shape index (κ1) is 30.3. The van der Waals surface area contributed by atoms with Crippen molar-refractivity contribution in [1.29, 1.82) is 0 Å². The molecule has 0 aromatic heterocycles. The molecular weight excluding hydrogens is 420 g/mol. The lowest BCUT2D eigenvalue weighted by Crippen LogP contribution is -2.11. The van der Waals surface area contributed by atoms with Crippen molar-refractivity contribution in [2.45, 2.75) is 125 Å². The third kappa shape index (κ3) is 10.7. The van der Waals surface area contributed by atoms with E-state index in [2.05, 4.69) is 34.3 Å². The number of phenolic OH excluding ortho intramolecular Hbond substituents is 1. The van der Waals surface area contributed by atoms with E-state index in [1.54, 1.807) is 6.92 Å². The number of carboxylic acids is 1. The van der Waals surface area contributed by atoms with E-state index < -0.39 is 11.9 Å². The molecule has 0 heterocycles. The summed E-state index contributed by atoms with van der Waals surface area (Å²) in [5, 5.41) is 20.0. The number of allylic oxidation sites excluding steroid dienone is 1. The number of phenols is 1. The molecule has 0 saturated heterocycles. The van der Waals surface area contributed by atoms with Gasteiger partial charge in [-0.05, 0) is 86.5 Å². The van der Waals surface area contributed by atoms with E-state index in [1.807, 2.05) is 19.9 Å². The molecule has 2 N–H and O–H groups in total. The zero-order chi connectivity index (χ0) is 25.8. The van der Waals surface area contributed by atoms with Crippen LogP contribution < -0.4 is 0 Å². The average molecular weight is 473 g/mol. The van der Waals surface area contributed by atoms with E-state index in [0.29, 0.717) is 12.2 Å². The second-order valence-corrected chi connectivity index (χ2v) is 11.4. The van der Waals surface area contributed by atoms with Crippen molar-refractivity contribution in [3.05, 3.63) is 40.5 Å². The molecular formula is C31H52O3. The highest BCUT2D eigenvalue weighted by Gasteiger charge is 2.21. The SMILES string of the molecule is C=C(CCCC(C)CCCC(C)CCCC(C)C)CCc1c(C)c(C(C)C(=O)O)cc(C)c1O. The highest BCUT2D eigenvalue weighted by molar-refractivity contribution is 5.76. The molecule has 0 aliphatic carbocycles. The Balaban J connectivity index is 2.40.